The molecule has 4 rings (SSSR count). The third-order valence-electron chi connectivity index (χ3n) is 4.69. The zero-order chi connectivity index (χ0) is 19.7. The van der Waals surface area contributed by atoms with Gasteiger partial charge in [-0.3, -0.25) is 9.69 Å². The second-order valence-corrected chi connectivity index (χ2v) is 8.56. The molecule has 140 valence electrons. The van der Waals surface area contributed by atoms with E-state index in [2.05, 4.69) is 41.9 Å². The molecule has 1 aromatic heterocycles. The zero-order valence-corrected chi connectivity index (χ0v) is 18.0. The van der Waals surface area contributed by atoms with Crippen LogP contribution in [0.3, 0.4) is 0 Å². The molecule has 0 bridgehead atoms. The van der Waals surface area contributed by atoms with Crippen LogP contribution in [0, 0.1) is 13.8 Å². The molecule has 0 radical (unpaired) electrons. The maximum atomic E-state index is 13.5. The lowest BCUT2D eigenvalue weighted by molar-refractivity contribution is 0.0984. The average molecular weight is 451 g/mol. The number of amides is 1. The minimum atomic E-state index is -0.0642. The van der Waals surface area contributed by atoms with E-state index in [1.54, 1.807) is 16.2 Å². The minimum Gasteiger partial charge on any atom is -0.279 e. The fourth-order valence-electron chi connectivity index (χ4n) is 3.14. The third-order valence-corrected chi connectivity index (χ3v) is 6.60. The molecule has 0 unspecified atom stereocenters. The topological polar surface area (TPSA) is 33.2 Å². The first-order valence-electron chi connectivity index (χ1n) is 9.01. The first-order valence-corrected chi connectivity index (χ1v) is 10.6. The molecule has 0 N–H and O–H groups in total. The van der Waals surface area contributed by atoms with Gasteiger partial charge in [0.1, 0.15) is 0 Å². The second-order valence-electron chi connectivity index (χ2n) is 6.73. The van der Waals surface area contributed by atoms with E-state index in [0.29, 0.717) is 12.1 Å². The van der Waals surface area contributed by atoms with Crippen molar-refractivity contribution in [3.63, 3.8) is 0 Å². The van der Waals surface area contributed by atoms with Gasteiger partial charge in [0.05, 0.1) is 22.3 Å². The number of halogens is 1. The number of fused-ring (bicyclic) bond motifs is 1. The standard InChI is InChI=1S/C23H19BrN2OS/c1-15-12-13-16(2)21-20(15)25-23(28-21)26(14-17-8-4-3-5-9-17)22(27)18-10-6-7-11-19(18)24/h3-13H,14H2,1-2H3. The molecule has 4 aromatic rings. The van der Waals surface area contributed by atoms with E-state index in [4.69, 9.17) is 4.98 Å². The summed E-state index contributed by atoms with van der Waals surface area (Å²) in [6.07, 6.45) is 0. The monoisotopic (exact) mass is 450 g/mol. The van der Waals surface area contributed by atoms with Crippen molar-refractivity contribution in [2.75, 3.05) is 4.90 Å². The molecule has 3 aromatic carbocycles. The van der Waals surface area contributed by atoms with E-state index in [-0.39, 0.29) is 5.91 Å². The summed E-state index contributed by atoms with van der Waals surface area (Å²) < 4.78 is 1.92. The Kier molecular flexibility index (Phi) is 5.29. The summed E-state index contributed by atoms with van der Waals surface area (Å²) in [5, 5.41) is 0.719. The summed E-state index contributed by atoms with van der Waals surface area (Å²) in [5.41, 5.74) is 4.97. The van der Waals surface area contributed by atoms with Gasteiger partial charge in [-0.25, -0.2) is 4.98 Å². The fraction of sp³-hybridized carbons (Fsp3) is 0.130. The van der Waals surface area contributed by atoms with Crippen LogP contribution in [0.25, 0.3) is 10.2 Å². The van der Waals surface area contributed by atoms with E-state index in [1.807, 2.05) is 54.6 Å². The number of aryl methyl sites for hydroxylation is 2. The number of aromatic nitrogens is 1. The molecule has 0 aliphatic heterocycles. The average Bonchev–Trinajstić information content (AvgIpc) is 3.16. The van der Waals surface area contributed by atoms with Gasteiger partial charge in [-0.15, -0.1) is 0 Å². The molecule has 3 nitrogen and oxygen atoms in total. The van der Waals surface area contributed by atoms with Crippen molar-refractivity contribution in [3.05, 3.63) is 93.5 Å². The van der Waals surface area contributed by atoms with Crippen molar-refractivity contribution in [1.29, 1.82) is 0 Å². The largest absolute Gasteiger partial charge is 0.279 e. The van der Waals surface area contributed by atoms with Crippen molar-refractivity contribution in [1.82, 2.24) is 4.98 Å². The highest BCUT2D eigenvalue weighted by Crippen LogP contribution is 2.35. The first-order chi connectivity index (χ1) is 13.5. The van der Waals surface area contributed by atoms with Crippen LogP contribution in [0.2, 0.25) is 0 Å². The molecule has 0 aliphatic rings. The van der Waals surface area contributed by atoms with E-state index < -0.39 is 0 Å². The molecule has 0 fully saturated rings. The zero-order valence-electron chi connectivity index (χ0n) is 15.6. The smallest absolute Gasteiger partial charge is 0.261 e. The predicted octanol–water partition coefficient (Wildman–Crippen LogP) is 6.52. The van der Waals surface area contributed by atoms with Crippen LogP contribution in [0.15, 0.2) is 71.2 Å². The Labute approximate surface area is 176 Å². The molecular weight excluding hydrogens is 432 g/mol. The molecule has 0 saturated carbocycles. The van der Waals surface area contributed by atoms with E-state index in [0.717, 1.165) is 30.9 Å². The number of carbonyl (C=O) groups is 1. The third kappa shape index (κ3) is 3.60. The molecule has 1 heterocycles. The highest BCUT2D eigenvalue weighted by atomic mass is 79.9. The van der Waals surface area contributed by atoms with Gasteiger partial charge in [0, 0.05) is 4.47 Å². The van der Waals surface area contributed by atoms with Gasteiger partial charge in [-0.1, -0.05) is 65.9 Å². The molecule has 0 saturated heterocycles. The van der Waals surface area contributed by atoms with Crippen LogP contribution >= 0.6 is 27.3 Å². The van der Waals surface area contributed by atoms with E-state index in [1.165, 1.54) is 5.56 Å². The maximum absolute atomic E-state index is 13.5. The Balaban J connectivity index is 1.83. The van der Waals surface area contributed by atoms with Crippen molar-refractivity contribution < 1.29 is 4.79 Å². The number of hydrogen-bond donors (Lipinski definition) is 0. The van der Waals surface area contributed by atoms with Crippen molar-refractivity contribution in [2.45, 2.75) is 20.4 Å². The van der Waals surface area contributed by atoms with Crippen LogP contribution in [-0.4, -0.2) is 10.9 Å². The van der Waals surface area contributed by atoms with Crippen molar-refractivity contribution in [3.8, 4) is 0 Å². The van der Waals surface area contributed by atoms with Crippen LogP contribution in [0.1, 0.15) is 27.0 Å². The van der Waals surface area contributed by atoms with Gasteiger partial charge in [0.25, 0.3) is 5.91 Å². The van der Waals surface area contributed by atoms with Crippen LogP contribution in [0.4, 0.5) is 5.13 Å². The lowest BCUT2D eigenvalue weighted by atomic mass is 10.1. The Bertz CT molecular complexity index is 1110. The predicted molar refractivity (Wildman–Crippen MR) is 120 cm³/mol. The van der Waals surface area contributed by atoms with Gasteiger partial charge >= 0.3 is 0 Å². The Morgan fingerprint density at radius 1 is 0.964 bits per heavy atom. The van der Waals surface area contributed by atoms with E-state index >= 15 is 0 Å². The number of rotatable bonds is 4. The Morgan fingerprint density at radius 3 is 2.36 bits per heavy atom. The van der Waals surface area contributed by atoms with Crippen molar-refractivity contribution >= 4 is 48.5 Å². The highest BCUT2D eigenvalue weighted by molar-refractivity contribution is 9.10. The quantitative estimate of drug-likeness (QED) is 0.354. The lowest BCUT2D eigenvalue weighted by Gasteiger charge is -2.20. The Morgan fingerprint density at radius 2 is 1.64 bits per heavy atom. The molecule has 0 atom stereocenters. The van der Waals surface area contributed by atoms with E-state index in [9.17, 15) is 4.79 Å². The van der Waals surface area contributed by atoms with Crippen LogP contribution in [0.5, 0.6) is 0 Å². The highest BCUT2D eigenvalue weighted by Gasteiger charge is 2.24. The van der Waals surface area contributed by atoms with Gasteiger partial charge in [0.2, 0.25) is 0 Å². The van der Waals surface area contributed by atoms with Gasteiger partial charge in [-0.05, 0) is 58.6 Å². The minimum absolute atomic E-state index is 0.0642. The molecule has 0 spiro atoms. The molecule has 28 heavy (non-hydrogen) atoms. The number of carbonyl (C=O) groups excluding carboxylic acids is 1. The summed E-state index contributed by atoms with van der Waals surface area (Å²) in [6, 6.07) is 21.7. The van der Waals surface area contributed by atoms with Gasteiger partial charge in [0.15, 0.2) is 5.13 Å². The summed E-state index contributed by atoms with van der Waals surface area (Å²) in [5.74, 6) is -0.0642. The molecule has 0 aliphatic carbocycles. The van der Waals surface area contributed by atoms with Gasteiger partial charge in [-0.2, -0.15) is 0 Å². The first kappa shape index (κ1) is 18.8. The molecule has 5 heteroatoms. The summed E-state index contributed by atoms with van der Waals surface area (Å²) in [6.45, 7) is 4.61. The van der Waals surface area contributed by atoms with Crippen LogP contribution in [-0.2, 0) is 6.54 Å². The molecule has 1 amide bonds. The van der Waals surface area contributed by atoms with Crippen molar-refractivity contribution in [2.24, 2.45) is 0 Å². The summed E-state index contributed by atoms with van der Waals surface area (Å²) in [7, 11) is 0. The summed E-state index contributed by atoms with van der Waals surface area (Å²) >= 11 is 5.09. The normalized spacial score (nSPS) is 11.0. The number of thiazole rings is 1. The fourth-order valence-corrected chi connectivity index (χ4v) is 4.70. The maximum Gasteiger partial charge on any atom is 0.261 e. The van der Waals surface area contributed by atoms with Crippen LogP contribution < -0.4 is 4.90 Å². The van der Waals surface area contributed by atoms with Gasteiger partial charge < -0.3 is 0 Å². The SMILES string of the molecule is Cc1ccc(C)c2sc(N(Cc3ccccc3)C(=O)c3ccccc3Br)nc12. The second kappa shape index (κ2) is 7.86. The lowest BCUT2D eigenvalue weighted by Crippen LogP contribution is -2.30. The number of benzene rings is 3. The number of hydrogen-bond acceptors (Lipinski definition) is 3. The number of nitrogens with zero attached hydrogens (tertiary/aromatic N) is 2. The number of anilines is 1. The Hall–Kier alpha value is -2.50. The molecular formula is C23H19BrN2OS. The summed E-state index contributed by atoms with van der Waals surface area (Å²) in [4.78, 5) is 20.1.